The van der Waals surface area contributed by atoms with Crippen LogP contribution in [0.4, 0.5) is 5.69 Å². The zero-order valence-electron chi connectivity index (χ0n) is 17.7. The first kappa shape index (κ1) is 22.5. The van der Waals surface area contributed by atoms with E-state index in [0.29, 0.717) is 23.6 Å². The second-order valence-corrected chi connectivity index (χ2v) is 6.80. The molecule has 0 aliphatic rings. The van der Waals surface area contributed by atoms with Gasteiger partial charge >= 0.3 is 11.7 Å². The molecule has 0 radical (unpaired) electrons. The Morgan fingerprint density at radius 2 is 1.88 bits per heavy atom. The third-order valence-corrected chi connectivity index (χ3v) is 4.62. The molecule has 3 rings (SSSR count). The monoisotopic (exact) mass is 437 g/mol. The summed E-state index contributed by atoms with van der Waals surface area (Å²) in [6.45, 7) is 2.37. The molecule has 3 aromatic rings. The molecular weight excluding hydrogens is 414 g/mol. The van der Waals surface area contributed by atoms with Gasteiger partial charge in [-0.2, -0.15) is 0 Å². The molecule has 0 bridgehead atoms. The van der Waals surface area contributed by atoms with Gasteiger partial charge in [0, 0.05) is 6.21 Å². The van der Waals surface area contributed by atoms with Crippen LogP contribution in [0.2, 0.25) is 0 Å². The van der Waals surface area contributed by atoms with E-state index in [4.69, 9.17) is 9.47 Å². The van der Waals surface area contributed by atoms with Crippen LogP contribution in [0.15, 0.2) is 63.1 Å². The van der Waals surface area contributed by atoms with Gasteiger partial charge in [-0.05, 0) is 42.8 Å². The Balaban J connectivity index is 1.90. The van der Waals surface area contributed by atoms with Crippen molar-refractivity contribution >= 4 is 17.9 Å². The minimum atomic E-state index is -0.819. The highest BCUT2D eigenvalue weighted by molar-refractivity contribution is 5.90. The van der Waals surface area contributed by atoms with Gasteiger partial charge in [0.15, 0.2) is 0 Å². The van der Waals surface area contributed by atoms with Gasteiger partial charge in [-0.25, -0.2) is 14.2 Å². The van der Waals surface area contributed by atoms with Crippen molar-refractivity contribution in [2.45, 2.75) is 19.8 Å². The molecule has 0 saturated carbocycles. The summed E-state index contributed by atoms with van der Waals surface area (Å²) in [5.74, 6) is -0.670. The quantitative estimate of drug-likeness (QED) is 0.317. The van der Waals surface area contributed by atoms with Crippen molar-refractivity contribution < 1.29 is 19.4 Å². The number of hydrogen-bond donors (Lipinski definition) is 2. The molecule has 0 fully saturated rings. The number of methoxy groups -OCH3 is 1. The Morgan fingerprint density at radius 1 is 1.16 bits per heavy atom. The van der Waals surface area contributed by atoms with E-state index in [1.54, 1.807) is 48.5 Å². The molecule has 2 aromatic carbocycles. The lowest BCUT2D eigenvalue weighted by Gasteiger charge is -2.12. The average molecular weight is 437 g/mol. The fourth-order valence-electron chi connectivity index (χ4n) is 2.91. The fourth-order valence-corrected chi connectivity index (χ4v) is 2.91. The number of rotatable bonds is 8. The largest absolute Gasteiger partial charge is 0.495 e. The smallest absolute Gasteiger partial charge is 0.338 e. The molecule has 0 spiro atoms. The maximum atomic E-state index is 12.4. The highest BCUT2D eigenvalue weighted by atomic mass is 16.5. The molecule has 0 amide bonds. The summed E-state index contributed by atoms with van der Waals surface area (Å²) in [4.78, 5) is 42.9. The Bertz CT molecular complexity index is 1240. The number of unbranched alkanes of at least 4 members (excludes halogenated alkanes) is 1. The van der Waals surface area contributed by atoms with Crippen LogP contribution < -0.4 is 16.0 Å². The van der Waals surface area contributed by atoms with Crippen molar-refractivity contribution in [2.24, 2.45) is 4.99 Å². The number of aromatic hydroxyl groups is 1. The number of nitrogens with one attached hydrogen (secondary N) is 1. The van der Waals surface area contributed by atoms with E-state index < -0.39 is 23.1 Å². The number of ether oxygens (including phenoxy) is 2. The summed E-state index contributed by atoms with van der Waals surface area (Å²) in [5.41, 5.74) is -0.749. The number of aromatic nitrogens is 2. The number of esters is 1. The van der Waals surface area contributed by atoms with E-state index in [0.717, 1.165) is 23.6 Å². The molecular formula is C23H23N3O6. The molecule has 1 aromatic heterocycles. The number of hydrogen-bond acceptors (Lipinski definition) is 7. The average Bonchev–Trinajstić information content (AvgIpc) is 2.79. The number of carbonyl (C=O) groups excluding carboxylic acids is 1. The van der Waals surface area contributed by atoms with Crippen LogP contribution in [-0.2, 0) is 4.74 Å². The molecule has 9 heteroatoms. The number of para-hydroxylation sites is 2. The van der Waals surface area contributed by atoms with E-state index in [2.05, 4.69) is 9.98 Å². The molecule has 9 nitrogen and oxygen atoms in total. The van der Waals surface area contributed by atoms with Gasteiger partial charge in [0.1, 0.15) is 11.3 Å². The summed E-state index contributed by atoms with van der Waals surface area (Å²) in [6, 6.07) is 12.8. The van der Waals surface area contributed by atoms with E-state index in [1.807, 2.05) is 6.92 Å². The van der Waals surface area contributed by atoms with Crippen molar-refractivity contribution in [3.05, 3.63) is 80.5 Å². The van der Waals surface area contributed by atoms with Crippen molar-refractivity contribution in [3.8, 4) is 17.3 Å². The Hall–Kier alpha value is -4.14. The highest BCUT2D eigenvalue weighted by Crippen LogP contribution is 2.25. The standard InChI is InChI=1S/C23H23N3O6/c1-3-4-13-32-22(29)15-9-11-16(12-10-15)24-14-17-20(27)25-23(30)26(21(17)28)18-7-5-6-8-19(18)31-2/h5-12,14,28H,3-4,13H2,1-2H3,(H,25,27,30). The van der Waals surface area contributed by atoms with Crippen molar-refractivity contribution in [3.63, 3.8) is 0 Å². The SMILES string of the molecule is CCCCOC(=O)c1ccc(N=Cc2c(O)n(-c3ccccc3OC)c(=O)[nH]c2=O)cc1. The van der Waals surface area contributed by atoms with Crippen molar-refractivity contribution in [2.75, 3.05) is 13.7 Å². The fraction of sp³-hybridized carbons (Fsp3) is 0.217. The predicted molar refractivity (Wildman–Crippen MR) is 120 cm³/mol. The third kappa shape index (κ3) is 4.94. The maximum absolute atomic E-state index is 12.4. The first-order valence-electron chi connectivity index (χ1n) is 9.99. The van der Waals surface area contributed by atoms with Crippen molar-refractivity contribution in [1.82, 2.24) is 9.55 Å². The highest BCUT2D eigenvalue weighted by Gasteiger charge is 2.17. The summed E-state index contributed by atoms with van der Waals surface area (Å²) in [5, 5.41) is 10.7. The van der Waals surface area contributed by atoms with Gasteiger partial charge in [0.25, 0.3) is 5.56 Å². The van der Waals surface area contributed by atoms with Crippen LogP contribution in [-0.4, -0.2) is 40.6 Å². The number of H-pyrrole nitrogens is 1. The predicted octanol–water partition coefficient (Wildman–Crippen LogP) is 2.95. The molecule has 2 N–H and O–H groups in total. The van der Waals surface area contributed by atoms with Gasteiger partial charge in [-0.15, -0.1) is 0 Å². The summed E-state index contributed by atoms with van der Waals surface area (Å²) < 4.78 is 11.3. The minimum Gasteiger partial charge on any atom is -0.495 e. The van der Waals surface area contributed by atoms with Crippen LogP contribution in [0.1, 0.15) is 35.7 Å². The summed E-state index contributed by atoms with van der Waals surface area (Å²) >= 11 is 0. The Kier molecular flexibility index (Phi) is 7.22. The summed E-state index contributed by atoms with van der Waals surface area (Å²) in [6.07, 6.45) is 2.87. The topological polar surface area (TPSA) is 123 Å². The lowest BCUT2D eigenvalue weighted by Crippen LogP contribution is -2.31. The number of nitrogens with zero attached hydrogens (tertiary/aromatic N) is 2. The van der Waals surface area contributed by atoms with E-state index in [9.17, 15) is 19.5 Å². The first-order valence-corrected chi connectivity index (χ1v) is 9.99. The number of benzene rings is 2. The van der Waals surface area contributed by atoms with E-state index in [-0.39, 0.29) is 11.3 Å². The molecule has 0 unspecified atom stereocenters. The molecule has 0 saturated heterocycles. The maximum Gasteiger partial charge on any atom is 0.338 e. The second kappa shape index (κ2) is 10.3. The van der Waals surface area contributed by atoms with E-state index >= 15 is 0 Å². The molecule has 0 aliphatic carbocycles. The normalized spacial score (nSPS) is 10.9. The molecule has 1 heterocycles. The second-order valence-electron chi connectivity index (χ2n) is 6.80. The van der Waals surface area contributed by atoms with Gasteiger partial charge in [-0.3, -0.25) is 14.8 Å². The van der Waals surface area contributed by atoms with Gasteiger partial charge in [0.2, 0.25) is 5.88 Å². The minimum absolute atomic E-state index is 0.210. The lowest BCUT2D eigenvalue weighted by molar-refractivity contribution is 0.0500. The zero-order valence-corrected chi connectivity index (χ0v) is 17.7. The van der Waals surface area contributed by atoms with Crippen LogP contribution in [0.25, 0.3) is 5.69 Å². The number of aromatic amines is 1. The molecule has 32 heavy (non-hydrogen) atoms. The molecule has 0 aliphatic heterocycles. The van der Waals surface area contributed by atoms with Crippen LogP contribution in [0, 0.1) is 0 Å². The number of aliphatic imine (C=N–C) groups is 1. The molecule has 166 valence electrons. The summed E-state index contributed by atoms with van der Waals surface area (Å²) in [7, 11) is 1.43. The Morgan fingerprint density at radius 3 is 2.56 bits per heavy atom. The van der Waals surface area contributed by atoms with Crippen LogP contribution >= 0.6 is 0 Å². The van der Waals surface area contributed by atoms with Gasteiger partial charge in [0.05, 0.1) is 30.7 Å². The van der Waals surface area contributed by atoms with Gasteiger partial charge in [-0.1, -0.05) is 25.5 Å². The first-order chi connectivity index (χ1) is 15.5. The van der Waals surface area contributed by atoms with E-state index in [1.165, 1.54) is 7.11 Å². The van der Waals surface area contributed by atoms with Gasteiger partial charge < -0.3 is 14.6 Å². The third-order valence-electron chi connectivity index (χ3n) is 4.62. The zero-order chi connectivity index (χ0) is 23.1. The Labute approximate surface area is 183 Å². The number of carbonyl (C=O) groups is 1. The lowest BCUT2D eigenvalue weighted by atomic mass is 10.2. The van der Waals surface area contributed by atoms with Crippen LogP contribution in [0.3, 0.4) is 0 Å². The molecule has 0 atom stereocenters. The van der Waals surface area contributed by atoms with Crippen LogP contribution in [0.5, 0.6) is 11.6 Å². The van der Waals surface area contributed by atoms with Crippen molar-refractivity contribution in [1.29, 1.82) is 0 Å².